The molecule has 0 aliphatic rings. The third kappa shape index (κ3) is 6.70. The molecule has 6 nitrogen and oxygen atoms in total. The molecule has 2 rings (SSSR count). The van der Waals surface area contributed by atoms with Crippen LogP contribution in [0.3, 0.4) is 0 Å². The summed E-state index contributed by atoms with van der Waals surface area (Å²) < 4.78 is 16.9. The van der Waals surface area contributed by atoms with Crippen LogP contribution in [0.15, 0.2) is 42.5 Å². The molecule has 0 heterocycles. The van der Waals surface area contributed by atoms with Crippen molar-refractivity contribution in [1.82, 2.24) is 5.32 Å². The first-order chi connectivity index (χ1) is 14.5. The Bertz CT molecular complexity index is 856. The number of nitrogens with one attached hydrogen (secondary N) is 1. The van der Waals surface area contributed by atoms with E-state index in [1.807, 2.05) is 44.2 Å². The summed E-state index contributed by atoms with van der Waals surface area (Å²) >= 11 is 0. The topological polar surface area (TPSA) is 80.6 Å². The molecule has 2 aromatic carbocycles. The van der Waals surface area contributed by atoms with Gasteiger partial charge in [0.15, 0.2) is 18.1 Å². The minimum Gasteiger partial charge on any atom is -0.490 e. The molecular formula is C24H30N2O4. The molecule has 0 aliphatic carbocycles. The van der Waals surface area contributed by atoms with E-state index < -0.39 is 0 Å². The Labute approximate surface area is 178 Å². The van der Waals surface area contributed by atoms with Gasteiger partial charge in [0.05, 0.1) is 31.7 Å². The van der Waals surface area contributed by atoms with E-state index in [4.69, 9.17) is 19.5 Å². The molecule has 2 aromatic rings. The van der Waals surface area contributed by atoms with E-state index in [0.29, 0.717) is 36.9 Å². The van der Waals surface area contributed by atoms with Gasteiger partial charge in [-0.05, 0) is 55.2 Å². The van der Waals surface area contributed by atoms with Crippen molar-refractivity contribution in [2.24, 2.45) is 5.92 Å². The number of hydrogen-bond donors (Lipinski definition) is 1. The van der Waals surface area contributed by atoms with Crippen molar-refractivity contribution in [3.05, 3.63) is 53.6 Å². The van der Waals surface area contributed by atoms with Crippen LogP contribution < -0.4 is 19.5 Å². The van der Waals surface area contributed by atoms with Gasteiger partial charge in [-0.1, -0.05) is 32.0 Å². The fourth-order valence-corrected chi connectivity index (χ4v) is 3.05. The highest BCUT2D eigenvalue weighted by Gasteiger charge is 2.20. The molecule has 6 heteroatoms. The monoisotopic (exact) mass is 410 g/mol. The SMILES string of the molecule is CCOc1ccc(C(NC(=O)COc2ccc(CC#N)cc2)C(C)C)cc1OCC. The number of nitriles is 1. The van der Waals surface area contributed by atoms with Crippen molar-refractivity contribution in [2.75, 3.05) is 19.8 Å². The minimum absolute atomic E-state index is 0.0871. The Hall–Kier alpha value is -3.20. The number of amides is 1. The van der Waals surface area contributed by atoms with Crippen LogP contribution in [0.5, 0.6) is 17.2 Å². The van der Waals surface area contributed by atoms with Gasteiger partial charge in [-0.3, -0.25) is 4.79 Å². The molecule has 1 unspecified atom stereocenters. The molecule has 0 radical (unpaired) electrons. The summed E-state index contributed by atoms with van der Waals surface area (Å²) in [6.45, 7) is 8.96. The van der Waals surface area contributed by atoms with Crippen LogP contribution in [0.2, 0.25) is 0 Å². The fraction of sp³-hybridized carbons (Fsp3) is 0.417. The minimum atomic E-state index is -0.207. The molecule has 0 saturated carbocycles. The molecule has 0 fully saturated rings. The van der Waals surface area contributed by atoms with E-state index in [2.05, 4.69) is 25.2 Å². The van der Waals surface area contributed by atoms with Gasteiger partial charge in [0.1, 0.15) is 5.75 Å². The van der Waals surface area contributed by atoms with Crippen molar-refractivity contribution in [2.45, 2.75) is 40.2 Å². The van der Waals surface area contributed by atoms with Crippen LogP contribution in [0, 0.1) is 17.2 Å². The number of benzene rings is 2. The molecule has 0 aromatic heterocycles. The highest BCUT2D eigenvalue weighted by atomic mass is 16.5. The van der Waals surface area contributed by atoms with Crippen molar-refractivity contribution >= 4 is 5.91 Å². The lowest BCUT2D eigenvalue weighted by Gasteiger charge is -2.24. The summed E-state index contributed by atoms with van der Waals surface area (Å²) in [5, 5.41) is 11.8. The van der Waals surface area contributed by atoms with Gasteiger partial charge >= 0.3 is 0 Å². The van der Waals surface area contributed by atoms with E-state index in [-0.39, 0.29) is 24.5 Å². The first-order valence-electron chi connectivity index (χ1n) is 10.3. The highest BCUT2D eigenvalue weighted by Crippen LogP contribution is 2.33. The molecule has 0 bridgehead atoms. The smallest absolute Gasteiger partial charge is 0.258 e. The van der Waals surface area contributed by atoms with Crippen LogP contribution in [-0.2, 0) is 11.2 Å². The summed E-state index contributed by atoms with van der Waals surface area (Å²) in [7, 11) is 0. The normalized spacial score (nSPS) is 11.5. The van der Waals surface area contributed by atoms with Gasteiger partial charge in [0.25, 0.3) is 5.91 Å². The van der Waals surface area contributed by atoms with Crippen LogP contribution >= 0.6 is 0 Å². The van der Waals surface area contributed by atoms with Crippen molar-refractivity contribution in [3.63, 3.8) is 0 Å². The number of rotatable bonds is 11. The third-order valence-corrected chi connectivity index (χ3v) is 4.49. The summed E-state index contributed by atoms with van der Waals surface area (Å²) in [4.78, 5) is 12.5. The van der Waals surface area contributed by atoms with Crippen LogP contribution in [0.4, 0.5) is 0 Å². The second kappa shape index (κ2) is 11.7. The van der Waals surface area contributed by atoms with E-state index >= 15 is 0 Å². The average Bonchev–Trinajstić information content (AvgIpc) is 2.73. The highest BCUT2D eigenvalue weighted by molar-refractivity contribution is 5.78. The molecule has 1 atom stereocenters. The lowest BCUT2D eigenvalue weighted by Crippen LogP contribution is -2.35. The van der Waals surface area contributed by atoms with Gasteiger partial charge in [0.2, 0.25) is 0 Å². The van der Waals surface area contributed by atoms with E-state index in [1.165, 1.54) is 0 Å². The molecular weight excluding hydrogens is 380 g/mol. The van der Waals surface area contributed by atoms with Gasteiger partial charge in [-0.2, -0.15) is 5.26 Å². The van der Waals surface area contributed by atoms with Crippen molar-refractivity contribution in [1.29, 1.82) is 5.26 Å². The molecule has 30 heavy (non-hydrogen) atoms. The quantitative estimate of drug-likeness (QED) is 0.592. The van der Waals surface area contributed by atoms with Crippen LogP contribution in [-0.4, -0.2) is 25.7 Å². The Morgan fingerprint density at radius 2 is 1.67 bits per heavy atom. The maximum absolute atomic E-state index is 12.5. The first-order valence-corrected chi connectivity index (χ1v) is 10.3. The second-order valence-electron chi connectivity index (χ2n) is 7.13. The van der Waals surface area contributed by atoms with Gasteiger partial charge < -0.3 is 19.5 Å². The Morgan fingerprint density at radius 1 is 1.00 bits per heavy atom. The number of nitrogens with zero attached hydrogens (tertiary/aromatic N) is 1. The van der Waals surface area contributed by atoms with E-state index in [9.17, 15) is 4.79 Å². The van der Waals surface area contributed by atoms with Crippen LogP contribution in [0.1, 0.15) is 44.9 Å². The first kappa shape index (κ1) is 23.1. The summed E-state index contributed by atoms with van der Waals surface area (Å²) in [6.07, 6.45) is 0.350. The Kier molecular flexibility index (Phi) is 9.02. The van der Waals surface area contributed by atoms with Crippen molar-refractivity contribution < 1.29 is 19.0 Å². The lowest BCUT2D eigenvalue weighted by atomic mass is 9.95. The zero-order chi connectivity index (χ0) is 21.9. The van der Waals surface area contributed by atoms with E-state index in [0.717, 1.165) is 11.1 Å². The van der Waals surface area contributed by atoms with Gasteiger partial charge in [-0.15, -0.1) is 0 Å². The maximum atomic E-state index is 12.5. The molecule has 0 spiro atoms. The maximum Gasteiger partial charge on any atom is 0.258 e. The predicted octanol–water partition coefficient (Wildman–Crippen LogP) is 4.44. The molecule has 1 amide bonds. The fourth-order valence-electron chi connectivity index (χ4n) is 3.05. The average molecular weight is 411 g/mol. The summed E-state index contributed by atoms with van der Waals surface area (Å²) in [5.74, 6) is 1.92. The molecule has 1 N–H and O–H groups in total. The largest absolute Gasteiger partial charge is 0.490 e. The van der Waals surface area contributed by atoms with Gasteiger partial charge in [-0.25, -0.2) is 0 Å². The molecule has 0 aliphatic heterocycles. The number of carbonyl (C=O) groups excluding carboxylic acids is 1. The van der Waals surface area contributed by atoms with Gasteiger partial charge in [0, 0.05) is 0 Å². The molecule has 160 valence electrons. The molecule has 0 saturated heterocycles. The number of hydrogen-bond acceptors (Lipinski definition) is 5. The number of ether oxygens (including phenoxy) is 3. The Morgan fingerprint density at radius 3 is 2.27 bits per heavy atom. The zero-order valence-electron chi connectivity index (χ0n) is 18.1. The lowest BCUT2D eigenvalue weighted by molar-refractivity contribution is -0.124. The standard InChI is InChI=1S/C24H30N2O4/c1-5-28-21-12-9-19(15-22(21)29-6-2)24(17(3)4)26-23(27)16-30-20-10-7-18(8-11-20)13-14-25/h7-12,15,17,24H,5-6,13,16H2,1-4H3,(H,26,27). The predicted molar refractivity (Wildman–Crippen MR) is 116 cm³/mol. The van der Waals surface area contributed by atoms with E-state index in [1.54, 1.807) is 12.1 Å². The third-order valence-electron chi connectivity index (χ3n) is 4.49. The van der Waals surface area contributed by atoms with Crippen molar-refractivity contribution in [3.8, 4) is 23.3 Å². The zero-order valence-corrected chi connectivity index (χ0v) is 18.1. The van der Waals surface area contributed by atoms with Crippen LogP contribution in [0.25, 0.3) is 0 Å². The summed E-state index contributed by atoms with van der Waals surface area (Å²) in [5.41, 5.74) is 1.86. The Balaban J connectivity index is 2.05. The summed E-state index contributed by atoms with van der Waals surface area (Å²) in [6, 6.07) is 14.8. The second-order valence-corrected chi connectivity index (χ2v) is 7.13. The number of carbonyl (C=O) groups is 1.